The van der Waals surface area contributed by atoms with Crippen molar-refractivity contribution in [1.82, 2.24) is 0 Å². The van der Waals surface area contributed by atoms with E-state index in [2.05, 4.69) is 0 Å². The maximum atomic E-state index is 9.86. The van der Waals surface area contributed by atoms with E-state index in [-0.39, 0.29) is 5.75 Å². The fraction of sp³-hybridized carbons (Fsp3) is 0.538. The Morgan fingerprint density at radius 1 is 1.12 bits per heavy atom. The number of aromatic hydroxyl groups is 1. The van der Waals surface area contributed by atoms with E-state index in [1.807, 2.05) is 6.07 Å². The molecule has 1 aromatic rings. The van der Waals surface area contributed by atoms with Gasteiger partial charge in [-0.3, -0.25) is 0 Å². The Morgan fingerprint density at radius 3 is 2.50 bits per heavy atom. The first-order valence-corrected chi connectivity index (χ1v) is 6.59. The van der Waals surface area contributed by atoms with Crippen molar-refractivity contribution < 1.29 is 5.11 Å². The number of hydrogen-bond donors (Lipinski definition) is 1. The van der Waals surface area contributed by atoms with E-state index in [0.29, 0.717) is 16.0 Å². The zero-order chi connectivity index (χ0) is 11.5. The highest BCUT2D eigenvalue weighted by atomic mass is 35.5. The van der Waals surface area contributed by atoms with Gasteiger partial charge in [0.15, 0.2) is 0 Å². The van der Waals surface area contributed by atoms with E-state index in [1.54, 1.807) is 6.07 Å². The average molecular weight is 259 g/mol. The molecule has 0 radical (unpaired) electrons. The van der Waals surface area contributed by atoms with Crippen molar-refractivity contribution in [2.24, 2.45) is 5.92 Å². The fourth-order valence-corrected chi connectivity index (χ4v) is 3.01. The molecule has 1 aliphatic rings. The highest BCUT2D eigenvalue weighted by Gasteiger charge is 2.17. The Labute approximate surface area is 106 Å². The molecule has 0 heterocycles. The molecule has 0 aliphatic heterocycles. The number of phenols is 1. The van der Waals surface area contributed by atoms with Crippen LogP contribution in [-0.4, -0.2) is 5.11 Å². The smallest absolute Gasteiger partial charge is 0.137 e. The van der Waals surface area contributed by atoms with Gasteiger partial charge in [-0.15, -0.1) is 0 Å². The van der Waals surface area contributed by atoms with Crippen LogP contribution in [-0.2, 0) is 6.42 Å². The minimum absolute atomic E-state index is 0.205. The van der Waals surface area contributed by atoms with Crippen LogP contribution in [0.15, 0.2) is 12.1 Å². The summed E-state index contributed by atoms with van der Waals surface area (Å²) < 4.78 is 0. The van der Waals surface area contributed by atoms with Crippen molar-refractivity contribution in [3.05, 3.63) is 27.7 Å². The van der Waals surface area contributed by atoms with Crippen molar-refractivity contribution >= 4 is 23.2 Å². The van der Waals surface area contributed by atoms with Gasteiger partial charge in [0.05, 0.1) is 5.02 Å². The average Bonchev–Trinajstić information content (AvgIpc) is 2.27. The first-order valence-electron chi connectivity index (χ1n) is 5.83. The van der Waals surface area contributed by atoms with E-state index >= 15 is 0 Å². The van der Waals surface area contributed by atoms with Crippen LogP contribution in [0.5, 0.6) is 5.75 Å². The maximum absolute atomic E-state index is 9.86. The number of hydrogen-bond acceptors (Lipinski definition) is 1. The monoisotopic (exact) mass is 258 g/mol. The Morgan fingerprint density at radius 2 is 1.81 bits per heavy atom. The van der Waals surface area contributed by atoms with Crippen molar-refractivity contribution in [2.75, 3.05) is 0 Å². The third-order valence-electron chi connectivity index (χ3n) is 3.34. The summed E-state index contributed by atoms with van der Waals surface area (Å²) in [5, 5.41) is 10.8. The van der Waals surface area contributed by atoms with Gasteiger partial charge in [0.2, 0.25) is 0 Å². The van der Waals surface area contributed by atoms with Crippen LogP contribution < -0.4 is 0 Å². The Bertz CT molecular complexity index is 370. The zero-order valence-electron chi connectivity index (χ0n) is 9.18. The molecular weight excluding hydrogens is 243 g/mol. The predicted octanol–water partition coefficient (Wildman–Crippen LogP) is 4.82. The molecule has 0 saturated heterocycles. The molecule has 1 saturated carbocycles. The summed E-state index contributed by atoms with van der Waals surface area (Å²) in [5.41, 5.74) is 0.893. The molecule has 1 fully saturated rings. The molecule has 3 heteroatoms. The second-order valence-corrected chi connectivity index (χ2v) is 5.45. The molecule has 1 aliphatic carbocycles. The van der Waals surface area contributed by atoms with Crippen LogP contribution in [0.2, 0.25) is 10.0 Å². The van der Waals surface area contributed by atoms with Gasteiger partial charge >= 0.3 is 0 Å². The molecular formula is C13H16Cl2O. The molecule has 2 rings (SSSR count). The van der Waals surface area contributed by atoms with E-state index < -0.39 is 0 Å². The van der Waals surface area contributed by atoms with Crippen LogP contribution in [0.3, 0.4) is 0 Å². The lowest BCUT2D eigenvalue weighted by Crippen LogP contribution is -2.09. The largest absolute Gasteiger partial charge is 0.506 e. The van der Waals surface area contributed by atoms with Crippen LogP contribution in [0.1, 0.15) is 37.7 Å². The number of phenolic OH excluding ortho intramolecular Hbond substituents is 1. The summed E-state index contributed by atoms with van der Waals surface area (Å²) >= 11 is 11.8. The molecule has 88 valence electrons. The van der Waals surface area contributed by atoms with Gasteiger partial charge in [0, 0.05) is 5.02 Å². The topological polar surface area (TPSA) is 20.2 Å². The lowest BCUT2D eigenvalue weighted by atomic mass is 9.85. The summed E-state index contributed by atoms with van der Waals surface area (Å²) in [7, 11) is 0. The number of halogens is 2. The lowest BCUT2D eigenvalue weighted by molar-refractivity contribution is 0.351. The van der Waals surface area contributed by atoms with E-state index in [0.717, 1.165) is 12.0 Å². The van der Waals surface area contributed by atoms with Gasteiger partial charge in [0.25, 0.3) is 0 Å². The van der Waals surface area contributed by atoms with Gasteiger partial charge in [-0.1, -0.05) is 55.3 Å². The van der Waals surface area contributed by atoms with Crippen LogP contribution in [0.25, 0.3) is 0 Å². The lowest BCUT2D eigenvalue weighted by Gasteiger charge is -2.22. The molecule has 1 nitrogen and oxygen atoms in total. The summed E-state index contributed by atoms with van der Waals surface area (Å²) in [6.45, 7) is 0. The molecule has 1 aromatic carbocycles. The van der Waals surface area contributed by atoms with E-state index in [4.69, 9.17) is 23.2 Å². The quantitative estimate of drug-likeness (QED) is 0.807. The zero-order valence-corrected chi connectivity index (χ0v) is 10.7. The molecule has 0 atom stereocenters. The third kappa shape index (κ3) is 2.83. The molecule has 0 unspecified atom stereocenters. The van der Waals surface area contributed by atoms with Crippen molar-refractivity contribution in [1.29, 1.82) is 0 Å². The summed E-state index contributed by atoms with van der Waals surface area (Å²) in [5.74, 6) is 0.880. The minimum Gasteiger partial charge on any atom is -0.506 e. The molecule has 0 aromatic heterocycles. The van der Waals surface area contributed by atoms with Gasteiger partial charge in [-0.05, 0) is 30.0 Å². The number of benzene rings is 1. The summed E-state index contributed by atoms with van der Waals surface area (Å²) in [4.78, 5) is 0. The van der Waals surface area contributed by atoms with Crippen LogP contribution in [0.4, 0.5) is 0 Å². The highest BCUT2D eigenvalue weighted by molar-refractivity contribution is 6.35. The van der Waals surface area contributed by atoms with E-state index in [1.165, 1.54) is 32.1 Å². The Balaban J connectivity index is 2.13. The molecule has 0 amide bonds. The summed E-state index contributed by atoms with van der Waals surface area (Å²) in [6, 6.07) is 3.42. The normalized spacial score (nSPS) is 17.6. The van der Waals surface area contributed by atoms with Gasteiger partial charge in [0.1, 0.15) is 5.75 Å². The minimum atomic E-state index is 0.205. The summed E-state index contributed by atoms with van der Waals surface area (Å²) in [6.07, 6.45) is 7.36. The molecule has 1 N–H and O–H groups in total. The van der Waals surface area contributed by atoms with Crippen LogP contribution in [0, 0.1) is 5.92 Å². The van der Waals surface area contributed by atoms with E-state index in [9.17, 15) is 5.11 Å². The first kappa shape index (κ1) is 12.1. The van der Waals surface area contributed by atoms with Crippen molar-refractivity contribution in [3.63, 3.8) is 0 Å². The predicted molar refractivity (Wildman–Crippen MR) is 68.4 cm³/mol. The highest BCUT2D eigenvalue weighted by Crippen LogP contribution is 2.35. The molecule has 0 bridgehead atoms. The maximum Gasteiger partial charge on any atom is 0.137 e. The van der Waals surface area contributed by atoms with Crippen molar-refractivity contribution in [3.8, 4) is 5.75 Å². The Kier molecular flexibility index (Phi) is 3.99. The van der Waals surface area contributed by atoms with Crippen LogP contribution >= 0.6 is 23.2 Å². The van der Waals surface area contributed by atoms with Crippen molar-refractivity contribution in [2.45, 2.75) is 38.5 Å². The molecule has 16 heavy (non-hydrogen) atoms. The second-order valence-electron chi connectivity index (χ2n) is 4.60. The number of rotatable bonds is 2. The SMILES string of the molecule is Oc1c(Cl)cc(Cl)cc1CC1CCCCC1. The third-order valence-corrected chi connectivity index (χ3v) is 3.85. The Hall–Kier alpha value is -0.400. The van der Waals surface area contributed by atoms with Gasteiger partial charge < -0.3 is 5.11 Å². The second kappa shape index (κ2) is 5.29. The first-order chi connectivity index (χ1) is 7.66. The standard InChI is InChI=1S/C13H16Cl2O/c14-11-7-10(13(16)12(15)8-11)6-9-4-2-1-3-5-9/h7-9,16H,1-6H2. The fourth-order valence-electron chi connectivity index (χ4n) is 2.48. The van der Waals surface area contributed by atoms with Gasteiger partial charge in [-0.25, -0.2) is 0 Å². The molecule has 0 spiro atoms. The van der Waals surface area contributed by atoms with Gasteiger partial charge in [-0.2, -0.15) is 0 Å².